The van der Waals surface area contributed by atoms with Gasteiger partial charge >= 0.3 is 5.97 Å². The third-order valence-corrected chi connectivity index (χ3v) is 5.76. The lowest BCUT2D eigenvalue weighted by molar-refractivity contribution is -0.136. The topological polar surface area (TPSA) is 111 Å². The highest BCUT2D eigenvalue weighted by Gasteiger charge is 2.26. The number of nitrogens with zero attached hydrogens (tertiary/aromatic N) is 2. The van der Waals surface area contributed by atoms with Crippen molar-refractivity contribution in [2.45, 2.75) is 26.2 Å². The molecule has 3 rings (SSSR count). The standard InChI is InChI=1S/C26H30N4O3/c1-19-17-20(7-4-11-23(19)26(33)30-13-2-3-14-30)8-6-15-29(16-12-24(31)32)22-10-5-9-21(18-22)25(27)28/h4-5,7,9-11,17-18,23H,2-3,12-16H2,1H3,(H3,27,28)(H,31,32). The molecule has 33 heavy (non-hydrogen) atoms. The third-order valence-electron chi connectivity index (χ3n) is 5.76. The molecule has 7 nitrogen and oxygen atoms in total. The van der Waals surface area contributed by atoms with E-state index >= 15 is 0 Å². The number of rotatable bonds is 7. The SMILES string of the molecule is CC1=CC(C#CCN(CCC(=O)O)c2cccc(C(=N)N)c2)=CC=CC1C(=O)N1CCCC1. The number of nitrogen functional groups attached to an aromatic ring is 1. The van der Waals surface area contributed by atoms with Crippen molar-refractivity contribution in [1.29, 1.82) is 5.41 Å². The summed E-state index contributed by atoms with van der Waals surface area (Å²) in [5.74, 6) is 5.22. The van der Waals surface area contributed by atoms with Crippen molar-refractivity contribution >= 4 is 23.4 Å². The van der Waals surface area contributed by atoms with Gasteiger partial charge in [0, 0.05) is 36.5 Å². The number of carbonyl (C=O) groups is 2. The number of allylic oxidation sites excluding steroid dienone is 4. The third kappa shape index (κ3) is 6.59. The lowest BCUT2D eigenvalue weighted by atomic mass is 9.98. The molecule has 0 bridgehead atoms. The summed E-state index contributed by atoms with van der Waals surface area (Å²) in [4.78, 5) is 27.7. The molecule has 1 aromatic rings. The van der Waals surface area contributed by atoms with Gasteiger partial charge in [-0.3, -0.25) is 15.0 Å². The van der Waals surface area contributed by atoms with E-state index in [4.69, 9.17) is 16.2 Å². The number of carboxylic acids is 1. The van der Waals surface area contributed by atoms with E-state index in [0.29, 0.717) is 12.1 Å². The smallest absolute Gasteiger partial charge is 0.305 e. The summed E-state index contributed by atoms with van der Waals surface area (Å²) in [6.07, 6.45) is 9.75. The van der Waals surface area contributed by atoms with Crippen LogP contribution in [0.1, 0.15) is 31.7 Å². The molecule has 1 fully saturated rings. The average Bonchev–Trinajstić information content (AvgIpc) is 3.26. The minimum absolute atomic E-state index is 0.0310. The van der Waals surface area contributed by atoms with Gasteiger partial charge < -0.3 is 20.6 Å². The maximum atomic E-state index is 12.8. The number of carboxylic acid groups (broad SMARTS) is 1. The molecular formula is C26H30N4O3. The Balaban J connectivity index is 1.73. The Kier molecular flexibility index (Phi) is 8.09. The molecule has 7 heteroatoms. The first kappa shape index (κ1) is 23.9. The zero-order valence-corrected chi connectivity index (χ0v) is 18.9. The van der Waals surface area contributed by atoms with Crippen LogP contribution in [-0.2, 0) is 9.59 Å². The number of amidine groups is 1. The lowest BCUT2D eigenvalue weighted by Crippen LogP contribution is -2.33. The number of nitrogens with one attached hydrogen (secondary N) is 1. The predicted octanol–water partition coefficient (Wildman–Crippen LogP) is 2.94. The van der Waals surface area contributed by atoms with E-state index in [1.807, 2.05) is 47.1 Å². The van der Waals surface area contributed by atoms with Gasteiger partial charge in [-0.2, -0.15) is 0 Å². The van der Waals surface area contributed by atoms with Gasteiger partial charge in [0.05, 0.1) is 18.9 Å². The molecule has 1 heterocycles. The van der Waals surface area contributed by atoms with Crippen molar-refractivity contribution in [3.63, 3.8) is 0 Å². The minimum atomic E-state index is -0.889. The molecule has 1 unspecified atom stereocenters. The molecule has 1 aliphatic heterocycles. The number of hydrogen-bond donors (Lipinski definition) is 3. The number of anilines is 1. The second kappa shape index (κ2) is 11.2. The molecular weight excluding hydrogens is 416 g/mol. The van der Waals surface area contributed by atoms with Crippen LogP contribution in [0.4, 0.5) is 5.69 Å². The fraction of sp³-hybridized carbons (Fsp3) is 0.346. The predicted molar refractivity (Wildman–Crippen MR) is 130 cm³/mol. The molecule has 1 atom stereocenters. The molecule has 2 aliphatic rings. The van der Waals surface area contributed by atoms with Crippen LogP contribution in [0, 0.1) is 23.2 Å². The van der Waals surface area contributed by atoms with Gasteiger partial charge in [0.1, 0.15) is 5.84 Å². The van der Waals surface area contributed by atoms with Gasteiger partial charge in [-0.1, -0.05) is 41.7 Å². The maximum absolute atomic E-state index is 12.8. The second-order valence-electron chi connectivity index (χ2n) is 8.24. The highest BCUT2D eigenvalue weighted by atomic mass is 16.4. The molecule has 172 valence electrons. The Morgan fingerprint density at radius 3 is 2.76 bits per heavy atom. The van der Waals surface area contributed by atoms with Crippen LogP contribution in [-0.4, -0.2) is 53.9 Å². The monoisotopic (exact) mass is 446 g/mol. The number of likely N-dealkylation sites (tertiary alicyclic amines) is 1. The molecule has 1 aliphatic carbocycles. The van der Waals surface area contributed by atoms with E-state index in [9.17, 15) is 9.59 Å². The fourth-order valence-corrected chi connectivity index (χ4v) is 3.93. The first-order valence-electron chi connectivity index (χ1n) is 11.1. The highest BCUT2D eigenvalue weighted by molar-refractivity contribution is 5.95. The van der Waals surface area contributed by atoms with Gasteiger partial charge in [-0.05, 0) is 44.1 Å². The van der Waals surface area contributed by atoms with Gasteiger partial charge in [-0.25, -0.2) is 0 Å². The summed E-state index contributed by atoms with van der Waals surface area (Å²) in [5, 5.41) is 16.8. The zero-order valence-electron chi connectivity index (χ0n) is 18.9. The van der Waals surface area contributed by atoms with Crippen molar-refractivity contribution in [3.8, 4) is 11.8 Å². The Morgan fingerprint density at radius 2 is 2.06 bits per heavy atom. The second-order valence-corrected chi connectivity index (χ2v) is 8.24. The van der Waals surface area contributed by atoms with Crippen LogP contribution in [0.15, 0.2) is 59.7 Å². The van der Waals surface area contributed by atoms with E-state index in [2.05, 4.69) is 11.8 Å². The summed E-state index contributed by atoms with van der Waals surface area (Å²) in [7, 11) is 0. The van der Waals surface area contributed by atoms with Gasteiger partial charge in [-0.15, -0.1) is 0 Å². The van der Waals surface area contributed by atoms with Crippen molar-refractivity contribution in [2.75, 3.05) is 31.1 Å². The van der Waals surface area contributed by atoms with Crippen LogP contribution < -0.4 is 10.6 Å². The van der Waals surface area contributed by atoms with Crippen LogP contribution in [0.25, 0.3) is 0 Å². The minimum Gasteiger partial charge on any atom is -0.481 e. The molecule has 0 saturated carbocycles. The molecule has 4 N–H and O–H groups in total. The Bertz CT molecular complexity index is 1070. The van der Waals surface area contributed by atoms with Crippen LogP contribution in [0.2, 0.25) is 0 Å². The number of nitrogens with two attached hydrogens (primary N) is 1. The van der Waals surface area contributed by atoms with Gasteiger partial charge in [0.25, 0.3) is 0 Å². The summed E-state index contributed by atoms with van der Waals surface area (Å²) in [6, 6.07) is 7.14. The normalized spacial score (nSPS) is 17.4. The molecule has 1 saturated heterocycles. The largest absolute Gasteiger partial charge is 0.481 e. The number of benzene rings is 1. The Labute approximate surface area is 194 Å². The molecule has 0 radical (unpaired) electrons. The first-order chi connectivity index (χ1) is 15.8. The zero-order chi connectivity index (χ0) is 23.8. The highest BCUT2D eigenvalue weighted by Crippen LogP contribution is 2.23. The Hall–Kier alpha value is -3.79. The van der Waals surface area contributed by atoms with Gasteiger partial charge in [0.2, 0.25) is 5.91 Å². The summed E-state index contributed by atoms with van der Waals surface area (Å²) < 4.78 is 0. The molecule has 1 aromatic carbocycles. The summed E-state index contributed by atoms with van der Waals surface area (Å²) >= 11 is 0. The molecule has 0 spiro atoms. The maximum Gasteiger partial charge on any atom is 0.305 e. The van der Waals surface area contributed by atoms with Crippen molar-refractivity contribution < 1.29 is 14.7 Å². The van der Waals surface area contributed by atoms with Crippen LogP contribution >= 0.6 is 0 Å². The van der Waals surface area contributed by atoms with E-state index < -0.39 is 5.97 Å². The first-order valence-corrected chi connectivity index (χ1v) is 11.1. The van der Waals surface area contributed by atoms with E-state index in [1.165, 1.54) is 0 Å². The van der Waals surface area contributed by atoms with E-state index in [1.54, 1.807) is 18.2 Å². The fourth-order valence-electron chi connectivity index (χ4n) is 3.93. The van der Waals surface area contributed by atoms with Crippen LogP contribution in [0.5, 0.6) is 0 Å². The quantitative estimate of drug-likeness (QED) is 0.339. The molecule has 0 aromatic heterocycles. The van der Waals surface area contributed by atoms with E-state index in [-0.39, 0.29) is 30.6 Å². The lowest BCUT2D eigenvalue weighted by Gasteiger charge is -2.22. The van der Waals surface area contributed by atoms with Crippen molar-refractivity contribution in [1.82, 2.24) is 4.90 Å². The van der Waals surface area contributed by atoms with Gasteiger partial charge in [0.15, 0.2) is 0 Å². The average molecular weight is 447 g/mol. The van der Waals surface area contributed by atoms with Crippen LogP contribution in [0.3, 0.4) is 0 Å². The summed E-state index contributed by atoms with van der Waals surface area (Å²) in [5.41, 5.74) is 8.69. The Morgan fingerprint density at radius 1 is 1.30 bits per heavy atom. The summed E-state index contributed by atoms with van der Waals surface area (Å²) in [6.45, 7) is 4.21. The number of amides is 1. The van der Waals surface area contributed by atoms with E-state index in [0.717, 1.165) is 42.8 Å². The number of carbonyl (C=O) groups excluding carboxylic acids is 1. The molecule has 1 amide bonds. The van der Waals surface area contributed by atoms with Crippen molar-refractivity contribution in [2.24, 2.45) is 11.7 Å². The number of aliphatic carboxylic acids is 1. The van der Waals surface area contributed by atoms with Crippen molar-refractivity contribution in [3.05, 3.63) is 65.3 Å². The number of hydrogen-bond acceptors (Lipinski definition) is 4.